The Hall–Kier alpha value is -1.75. The van der Waals surface area contributed by atoms with Crippen molar-refractivity contribution >= 4 is 52.4 Å². The Balaban J connectivity index is 2.40. The summed E-state index contributed by atoms with van der Waals surface area (Å²) < 4.78 is 0. The molecule has 0 bridgehead atoms. The van der Waals surface area contributed by atoms with E-state index in [9.17, 15) is 9.59 Å². The van der Waals surface area contributed by atoms with Crippen LogP contribution < -0.4 is 5.32 Å². The summed E-state index contributed by atoms with van der Waals surface area (Å²) in [7, 11) is 0. The summed E-state index contributed by atoms with van der Waals surface area (Å²) in [6.45, 7) is 0. The zero-order chi connectivity index (χ0) is 15.6. The third-order valence-corrected chi connectivity index (χ3v) is 3.52. The topological polar surface area (TPSA) is 66.4 Å². The van der Waals surface area contributed by atoms with Crippen molar-refractivity contribution in [3.8, 4) is 0 Å². The number of benzene rings is 2. The number of carboxylic acid groups (broad SMARTS) is 1. The highest BCUT2D eigenvalue weighted by molar-refractivity contribution is 6.40. The number of hydrogen-bond acceptors (Lipinski definition) is 2. The molecule has 0 fully saturated rings. The van der Waals surface area contributed by atoms with Crippen molar-refractivity contribution in [3.05, 3.63) is 62.6 Å². The predicted octanol–water partition coefficient (Wildman–Crippen LogP) is 4.60. The SMILES string of the molecule is O=C(O)c1ccc(Cl)cc1NC(=O)c1c(Cl)cccc1Cl. The maximum Gasteiger partial charge on any atom is 0.337 e. The second-order valence-electron chi connectivity index (χ2n) is 4.05. The Morgan fingerprint density at radius 3 is 2.19 bits per heavy atom. The van der Waals surface area contributed by atoms with E-state index in [4.69, 9.17) is 39.9 Å². The first kappa shape index (κ1) is 15.6. The Labute approximate surface area is 135 Å². The number of rotatable bonds is 3. The first-order valence-corrected chi connectivity index (χ1v) is 6.81. The number of carbonyl (C=O) groups excluding carboxylic acids is 1. The maximum absolute atomic E-state index is 12.2. The number of amides is 1. The quantitative estimate of drug-likeness (QED) is 0.855. The number of carboxylic acids is 1. The third-order valence-electron chi connectivity index (χ3n) is 2.65. The zero-order valence-corrected chi connectivity index (χ0v) is 12.6. The number of hydrogen-bond donors (Lipinski definition) is 2. The van der Waals surface area contributed by atoms with Crippen molar-refractivity contribution in [2.75, 3.05) is 5.32 Å². The van der Waals surface area contributed by atoms with Crippen LogP contribution in [0.1, 0.15) is 20.7 Å². The van der Waals surface area contributed by atoms with Gasteiger partial charge in [0.15, 0.2) is 0 Å². The molecule has 2 aromatic carbocycles. The molecule has 7 heteroatoms. The van der Waals surface area contributed by atoms with E-state index in [-0.39, 0.29) is 26.9 Å². The van der Waals surface area contributed by atoms with E-state index in [0.29, 0.717) is 5.02 Å². The van der Waals surface area contributed by atoms with Gasteiger partial charge in [-0.1, -0.05) is 40.9 Å². The molecular weight excluding hydrogens is 337 g/mol. The van der Waals surface area contributed by atoms with Crippen LogP contribution in [-0.2, 0) is 0 Å². The van der Waals surface area contributed by atoms with Gasteiger partial charge in [-0.05, 0) is 30.3 Å². The molecule has 0 unspecified atom stereocenters. The van der Waals surface area contributed by atoms with Gasteiger partial charge in [-0.15, -0.1) is 0 Å². The molecule has 4 nitrogen and oxygen atoms in total. The van der Waals surface area contributed by atoms with Crippen molar-refractivity contribution in [3.63, 3.8) is 0 Å². The molecule has 0 heterocycles. The molecule has 0 aliphatic heterocycles. The molecule has 0 radical (unpaired) electrons. The Morgan fingerprint density at radius 2 is 1.62 bits per heavy atom. The minimum atomic E-state index is -1.19. The van der Waals surface area contributed by atoms with Gasteiger partial charge in [0.05, 0.1) is 26.9 Å². The van der Waals surface area contributed by atoms with Crippen LogP contribution in [0.25, 0.3) is 0 Å². The van der Waals surface area contributed by atoms with Crippen LogP contribution in [0.5, 0.6) is 0 Å². The van der Waals surface area contributed by atoms with Crippen LogP contribution in [-0.4, -0.2) is 17.0 Å². The highest BCUT2D eigenvalue weighted by atomic mass is 35.5. The fourth-order valence-corrected chi connectivity index (χ4v) is 2.45. The highest BCUT2D eigenvalue weighted by Crippen LogP contribution is 2.27. The van der Waals surface area contributed by atoms with Gasteiger partial charge in [-0.25, -0.2) is 4.79 Å². The molecule has 108 valence electrons. The molecule has 21 heavy (non-hydrogen) atoms. The molecule has 0 aromatic heterocycles. The van der Waals surface area contributed by atoms with Crippen LogP contribution in [0, 0.1) is 0 Å². The van der Waals surface area contributed by atoms with Gasteiger partial charge in [0, 0.05) is 5.02 Å². The lowest BCUT2D eigenvalue weighted by atomic mass is 10.1. The maximum atomic E-state index is 12.2. The summed E-state index contributed by atoms with van der Waals surface area (Å²) in [5.41, 5.74) is 0.0454. The normalized spacial score (nSPS) is 10.2. The molecule has 0 aliphatic carbocycles. The molecule has 1 amide bonds. The fraction of sp³-hybridized carbons (Fsp3) is 0. The van der Waals surface area contributed by atoms with Crippen LogP contribution in [0.2, 0.25) is 15.1 Å². The standard InChI is InChI=1S/C14H8Cl3NO3/c15-7-4-5-8(14(20)21)11(6-7)18-13(19)12-9(16)2-1-3-10(12)17/h1-6H,(H,18,19)(H,20,21). The Morgan fingerprint density at radius 1 is 1.00 bits per heavy atom. The second kappa shape index (κ2) is 6.35. The van der Waals surface area contributed by atoms with E-state index in [1.54, 1.807) is 6.07 Å². The number of anilines is 1. The van der Waals surface area contributed by atoms with Crippen molar-refractivity contribution in [1.82, 2.24) is 0 Å². The number of halogens is 3. The van der Waals surface area contributed by atoms with Crippen LogP contribution >= 0.6 is 34.8 Å². The third kappa shape index (κ3) is 3.47. The number of carbonyl (C=O) groups is 2. The van der Waals surface area contributed by atoms with Gasteiger partial charge >= 0.3 is 5.97 Å². The van der Waals surface area contributed by atoms with Crippen molar-refractivity contribution in [2.24, 2.45) is 0 Å². The summed E-state index contributed by atoms with van der Waals surface area (Å²) in [5, 5.41) is 12.2. The average Bonchev–Trinajstić information content (AvgIpc) is 2.38. The van der Waals surface area contributed by atoms with Gasteiger partial charge in [0.25, 0.3) is 5.91 Å². The lowest BCUT2D eigenvalue weighted by Crippen LogP contribution is -2.15. The molecule has 0 aliphatic rings. The van der Waals surface area contributed by atoms with Gasteiger partial charge in [0.1, 0.15) is 0 Å². The highest BCUT2D eigenvalue weighted by Gasteiger charge is 2.18. The van der Waals surface area contributed by atoms with E-state index >= 15 is 0 Å². The Kier molecular flexibility index (Phi) is 4.73. The van der Waals surface area contributed by atoms with E-state index in [1.165, 1.54) is 30.3 Å². The number of nitrogens with one attached hydrogen (secondary N) is 1. The average molecular weight is 345 g/mol. The van der Waals surface area contributed by atoms with Crippen LogP contribution in [0.4, 0.5) is 5.69 Å². The van der Waals surface area contributed by atoms with E-state index < -0.39 is 11.9 Å². The molecule has 0 saturated heterocycles. The number of aromatic carboxylic acids is 1. The summed E-state index contributed by atoms with van der Waals surface area (Å²) in [6, 6.07) is 8.69. The first-order chi connectivity index (χ1) is 9.90. The monoisotopic (exact) mass is 343 g/mol. The van der Waals surface area contributed by atoms with Crippen molar-refractivity contribution in [1.29, 1.82) is 0 Å². The lowest BCUT2D eigenvalue weighted by molar-refractivity contribution is 0.0698. The van der Waals surface area contributed by atoms with E-state index in [2.05, 4.69) is 5.32 Å². The van der Waals surface area contributed by atoms with Gasteiger partial charge in [0.2, 0.25) is 0 Å². The molecule has 0 spiro atoms. The molecule has 2 aromatic rings. The van der Waals surface area contributed by atoms with Crippen LogP contribution in [0.15, 0.2) is 36.4 Å². The minimum absolute atomic E-state index is 0.0657. The largest absolute Gasteiger partial charge is 0.478 e. The molecule has 2 rings (SSSR count). The molecule has 2 N–H and O–H groups in total. The predicted molar refractivity (Wildman–Crippen MR) is 82.8 cm³/mol. The second-order valence-corrected chi connectivity index (χ2v) is 5.30. The zero-order valence-electron chi connectivity index (χ0n) is 10.4. The van der Waals surface area contributed by atoms with Crippen molar-refractivity contribution in [2.45, 2.75) is 0 Å². The van der Waals surface area contributed by atoms with E-state index in [1.807, 2.05) is 0 Å². The summed E-state index contributed by atoms with van der Waals surface area (Å²) in [6.07, 6.45) is 0. The fourth-order valence-electron chi connectivity index (χ4n) is 1.71. The molecular formula is C14H8Cl3NO3. The van der Waals surface area contributed by atoms with Gasteiger partial charge < -0.3 is 10.4 Å². The van der Waals surface area contributed by atoms with Crippen LogP contribution in [0.3, 0.4) is 0 Å². The molecule has 0 saturated carbocycles. The lowest BCUT2D eigenvalue weighted by Gasteiger charge is -2.11. The summed E-state index contributed by atoms with van der Waals surface area (Å²) in [4.78, 5) is 23.4. The Bertz CT molecular complexity index is 711. The summed E-state index contributed by atoms with van der Waals surface area (Å²) in [5.74, 6) is -1.80. The minimum Gasteiger partial charge on any atom is -0.478 e. The molecule has 0 atom stereocenters. The van der Waals surface area contributed by atoms with Gasteiger partial charge in [-0.2, -0.15) is 0 Å². The van der Waals surface area contributed by atoms with Gasteiger partial charge in [-0.3, -0.25) is 4.79 Å². The van der Waals surface area contributed by atoms with Crippen molar-refractivity contribution < 1.29 is 14.7 Å². The summed E-state index contributed by atoms with van der Waals surface area (Å²) >= 11 is 17.7. The first-order valence-electron chi connectivity index (χ1n) is 5.68. The smallest absolute Gasteiger partial charge is 0.337 e. The van der Waals surface area contributed by atoms with E-state index in [0.717, 1.165) is 0 Å².